The Morgan fingerprint density at radius 1 is 0.453 bits per heavy atom. The molecule has 250 valence electrons. The summed E-state index contributed by atoms with van der Waals surface area (Å²) in [5.74, 6) is 0.827. The van der Waals surface area contributed by atoms with E-state index in [4.69, 9.17) is 9.72 Å². The molecule has 0 amide bonds. The Morgan fingerprint density at radius 3 is 1.96 bits per heavy atom. The van der Waals surface area contributed by atoms with Crippen molar-refractivity contribution < 1.29 is 4.74 Å². The number of methoxy groups -OCH3 is 1. The summed E-state index contributed by atoms with van der Waals surface area (Å²) in [4.78, 5) is 9.41. The number of imidazole rings is 1. The van der Waals surface area contributed by atoms with E-state index < -0.39 is 0 Å². The molecule has 0 fully saturated rings. The van der Waals surface area contributed by atoms with E-state index in [9.17, 15) is 0 Å². The van der Waals surface area contributed by atoms with Crippen LogP contribution in [0.1, 0.15) is 0 Å². The first-order valence-corrected chi connectivity index (χ1v) is 17.9. The van der Waals surface area contributed by atoms with Gasteiger partial charge >= 0.3 is 0 Å². The average molecular weight is 680 g/mol. The lowest BCUT2D eigenvalue weighted by atomic mass is 9.95. The quantitative estimate of drug-likeness (QED) is 0.175. The van der Waals surface area contributed by atoms with E-state index in [1.807, 2.05) is 30.3 Å². The summed E-state index contributed by atoms with van der Waals surface area (Å²) in [7, 11) is 1.66. The van der Waals surface area contributed by atoms with Crippen LogP contribution in [-0.4, -0.2) is 21.5 Å². The molecular formula is C49H33N3O. The Labute approximate surface area is 306 Å². The van der Waals surface area contributed by atoms with Gasteiger partial charge in [0.2, 0.25) is 0 Å². The van der Waals surface area contributed by atoms with E-state index in [1.54, 1.807) is 13.3 Å². The van der Waals surface area contributed by atoms with Crippen molar-refractivity contribution in [2.75, 3.05) is 7.11 Å². The zero-order valence-corrected chi connectivity index (χ0v) is 29.1. The van der Waals surface area contributed by atoms with Crippen LogP contribution in [0.4, 0.5) is 0 Å². The predicted octanol–water partition coefficient (Wildman–Crippen LogP) is 12.7. The Bertz CT molecular complexity index is 3160. The Morgan fingerprint density at radius 2 is 1.11 bits per heavy atom. The molecule has 0 aliphatic rings. The molecule has 0 atom stereocenters. The van der Waals surface area contributed by atoms with Crippen molar-refractivity contribution >= 4 is 70.8 Å². The lowest BCUT2D eigenvalue weighted by Crippen LogP contribution is -1.93. The maximum Gasteiger partial charge on any atom is 0.147 e. The molecule has 0 unspecified atom stereocenters. The first kappa shape index (κ1) is 30.8. The zero-order valence-electron chi connectivity index (χ0n) is 29.1. The van der Waals surface area contributed by atoms with Gasteiger partial charge in [-0.15, -0.1) is 0 Å². The predicted molar refractivity (Wildman–Crippen MR) is 222 cm³/mol. The molecule has 0 aliphatic heterocycles. The molecule has 53 heavy (non-hydrogen) atoms. The monoisotopic (exact) mass is 679 g/mol. The first-order valence-electron chi connectivity index (χ1n) is 17.9. The maximum atomic E-state index is 5.18. The molecule has 4 heteroatoms. The Balaban J connectivity index is 0.000000248. The van der Waals surface area contributed by atoms with Crippen molar-refractivity contribution in [3.63, 3.8) is 0 Å². The van der Waals surface area contributed by atoms with E-state index >= 15 is 0 Å². The molecule has 11 aromatic rings. The van der Waals surface area contributed by atoms with Gasteiger partial charge in [-0.3, -0.25) is 9.38 Å². The van der Waals surface area contributed by atoms with Crippen LogP contribution in [0, 0.1) is 0 Å². The largest absolute Gasteiger partial charge is 0.494 e. The number of hydrogen-bond acceptors (Lipinski definition) is 3. The minimum atomic E-state index is 0.827. The maximum absolute atomic E-state index is 5.18. The molecule has 0 saturated heterocycles. The number of nitrogens with zero attached hydrogens (tertiary/aromatic N) is 3. The van der Waals surface area contributed by atoms with Crippen LogP contribution in [0.5, 0.6) is 5.75 Å². The molecule has 3 aromatic heterocycles. The molecule has 11 rings (SSSR count). The van der Waals surface area contributed by atoms with Gasteiger partial charge in [-0.05, 0) is 91.6 Å². The molecule has 0 aliphatic carbocycles. The third-order valence-electron chi connectivity index (χ3n) is 10.3. The number of rotatable bonds is 3. The van der Waals surface area contributed by atoms with Crippen molar-refractivity contribution in [1.29, 1.82) is 0 Å². The SMILES string of the molecule is COc1cccc2cccnc12.c1ccc(-c2ccc3cc(-c4ccc5c6ccc7ccccc7c6c6nc7ccccc7n6c5c4)ccc3c2)cc1. The van der Waals surface area contributed by atoms with Gasteiger partial charge < -0.3 is 4.74 Å². The van der Waals surface area contributed by atoms with Gasteiger partial charge in [0, 0.05) is 22.4 Å². The van der Waals surface area contributed by atoms with Crippen molar-refractivity contribution in [1.82, 2.24) is 14.4 Å². The second-order valence-electron chi connectivity index (χ2n) is 13.4. The fourth-order valence-corrected chi connectivity index (χ4v) is 7.77. The number of para-hydroxylation sites is 3. The number of pyridine rings is 2. The molecular weight excluding hydrogens is 647 g/mol. The minimum Gasteiger partial charge on any atom is -0.494 e. The summed E-state index contributed by atoms with van der Waals surface area (Å²) in [6, 6.07) is 62.4. The van der Waals surface area contributed by atoms with E-state index in [0.29, 0.717) is 0 Å². The lowest BCUT2D eigenvalue weighted by molar-refractivity contribution is 0.419. The highest BCUT2D eigenvalue weighted by atomic mass is 16.5. The van der Waals surface area contributed by atoms with Crippen LogP contribution in [0.25, 0.3) is 93.1 Å². The van der Waals surface area contributed by atoms with Crippen molar-refractivity contribution in [2.45, 2.75) is 0 Å². The van der Waals surface area contributed by atoms with Gasteiger partial charge in [-0.1, -0.05) is 133 Å². The van der Waals surface area contributed by atoms with Gasteiger partial charge in [-0.25, -0.2) is 4.98 Å². The average Bonchev–Trinajstić information content (AvgIpc) is 3.63. The second-order valence-corrected chi connectivity index (χ2v) is 13.4. The van der Waals surface area contributed by atoms with Gasteiger partial charge in [0.05, 0.1) is 23.7 Å². The number of aromatic nitrogens is 3. The standard InChI is InChI=1S/C39H24N2.C10H9NO/c1-2-8-25(9-3-1)27-14-15-29-23-30(17-16-28(29)22-27)31-19-20-33-34-21-18-26-10-4-5-11-32(26)38(34)39-40-35-12-6-7-13-36(35)41(39)37(33)24-31;1-12-9-6-2-4-8-5-3-7-11-10(8)9/h1-24H;2-7H,1H3. The first-order chi connectivity index (χ1) is 26.2. The van der Waals surface area contributed by atoms with Crippen molar-refractivity contribution in [2.24, 2.45) is 0 Å². The number of fused-ring (bicyclic) bond motifs is 12. The third kappa shape index (κ3) is 5.23. The lowest BCUT2D eigenvalue weighted by Gasteiger charge is -2.13. The summed E-state index contributed by atoms with van der Waals surface area (Å²) in [5, 5.41) is 9.74. The summed E-state index contributed by atoms with van der Waals surface area (Å²) in [5.41, 5.74) is 10.1. The Hall–Kier alpha value is -7.04. The fourth-order valence-electron chi connectivity index (χ4n) is 7.77. The normalized spacial score (nSPS) is 11.5. The molecule has 4 nitrogen and oxygen atoms in total. The molecule has 0 spiro atoms. The molecule has 0 radical (unpaired) electrons. The second kappa shape index (κ2) is 12.6. The van der Waals surface area contributed by atoms with E-state index in [1.165, 1.54) is 65.5 Å². The van der Waals surface area contributed by atoms with Crippen LogP contribution in [-0.2, 0) is 0 Å². The molecule has 0 saturated carbocycles. The fraction of sp³-hybridized carbons (Fsp3) is 0.0204. The van der Waals surface area contributed by atoms with Gasteiger partial charge in [0.1, 0.15) is 16.9 Å². The highest BCUT2D eigenvalue weighted by Gasteiger charge is 2.16. The molecule has 8 aromatic carbocycles. The third-order valence-corrected chi connectivity index (χ3v) is 10.3. The summed E-state index contributed by atoms with van der Waals surface area (Å²) < 4.78 is 7.52. The van der Waals surface area contributed by atoms with Crippen LogP contribution in [0.2, 0.25) is 0 Å². The topological polar surface area (TPSA) is 39.4 Å². The van der Waals surface area contributed by atoms with Gasteiger partial charge in [-0.2, -0.15) is 0 Å². The molecule has 3 heterocycles. The number of ether oxygens (including phenoxy) is 1. The van der Waals surface area contributed by atoms with Gasteiger partial charge in [0.15, 0.2) is 0 Å². The van der Waals surface area contributed by atoms with E-state index in [-0.39, 0.29) is 0 Å². The molecule has 0 bridgehead atoms. The number of hydrogen-bond donors (Lipinski definition) is 0. The smallest absolute Gasteiger partial charge is 0.147 e. The van der Waals surface area contributed by atoms with E-state index in [0.717, 1.165) is 33.3 Å². The summed E-state index contributed by atoms with van der Waals surface area (Å²) in [6.07, 6.45) is 1.77. The van der Waals surface area contributed by atoms with Crippen LogP contribution >= 0.6 is 0 Å². The zero-order chi connectivity index (χ0) is 35.3. The molecule has 0 N–H and O–H groups in total. The Kier molecular flexibility index (Phi) is 7.33. The van der Waals surface area contributed by atoms with Crippen LogP contribution in [0.3, 0.4) is 0 Å². The van der Waals surface area contributed by atoms with Crippen LogP contribution < -0.4 is 4.74 Å². The van der Waals surface area contributed by atoms with Crippen LogP contribution in [0.15, 0.2) is 182 Å². The van der Waals surface area contributed by atoms with Crippen molar-refractivity contribution in [3.8, 4) is 28.0 Å². The van der Waals surface area contributed by atoms with E-state index in [2.05, 4.69) is 155 Å². The number of benzene rings is 8. The highest BCUT2D eigenvalue weighted by molar-refractivity contribution is 6.23. The summed E-state index contributed by atoms with van der Waals surface area (Å²) >= 11 is 0. The van der Waals surface area contributed by atoms with Crippen molar-refractivity contribution in [3.05, 3.63) is 182 Å². The highest BCUT2D eigenvalue weighted by Crippen LogP contribution is 2.38. The van der Waals surface area contributed by atoms with Gasteiger partial charge in [0.25, 0.3) is 0 Å². The summed E-state index contributed by atoms with van der Waals surface area (Å²) in [6.45, 7) is 0. The minimum absolute atomic E-state index is 0.827.